The predicted octanol–water partition coefficient (Wildman–Crippen LogP) is 9.73. The first kappa shape index (κ1) is 33.9. The van der Waals surface area contributed by atoms with Crippen LogP contribution in [0.25, 0.3) is 16.1 Å². The number of halogens is 8. The van der Waals surface area contributed by atoms with E-state index in [-0.39, 0.29) is 38.9 Å². The van der Waals surface area contributed by atoms with Gasteiger partial charge in [0.2, 0.25) is 0 Å². The maximum Gasteiger partial charge on any atom is 0.417 e. The first-order valence-electron chi connectivity index (χ1n) is 12.6. The van der Waals surface area contributed by atoms with Gasteiger partial charge in [-0.1, -0.05) is 44.7 Å². The molecule has 0 bridgehead atoms. The summed E-state index contributed by atoms with van der Waals surface area (Å²) in [6, 6.07) is 5.63. The number of hydrogen-bond acceptors (Lipinski definition) is 4. The minimum Gasteiger partial charge on any atom is -0.302 e. The second kappa shape index (κ2) is 13.8. The summed E-state index contributed by atoms with van der Waals surface area (Å²) < 4.78 is 110. The standard InChI is InChI=1S/C30H24F8N2OS2/c1-4-22(43-17(2)3)8-6-18(9-10-29(33,34)35)20-11-27(42-16-20)26-13-24(30(36,37)38)23(14-39)28(41)40(26)15-19-5-7-21(31)12-25(19)32/h4-5,7-9,11-13,16-17H,1,6,10,15H2,2-3H3/b18-9+,22-8+. The van der Waals surface area contributed by atoms with Crippen LogP contribution in [0.2, 0.25) is 0 Å². The molecule has 0 saturated carbocycles. The molecule has 1 aromatic carbocycles. The van der Waals surface area contributed by atoms with Gasteiger partial charge in [0.25, 0.3) is 5.56 Å². The summed E-state index contributed by atoms with van der Waals surface area (Å²) in [5.41, 5.74) is -4.17. The topological polar surface area (TPSA) is 45.8 Å². The molecule has 0 fully saturated rings. The van der Waals surface area contributed by atoms with Crippen molar-refractivity contribution < 1.29 is 35.1 Å². The number of hydrogen-bond donors (Lipinski definition) is 0. The van der Waals surface area contributed by atoms with Crippen LogP contribution < -0.4 is 5.56 Å². The quantitative estimate of drug-likeness (QED) is 0.163. The average Bonchev–Trinajstić information content (AvgIpc) is 3.38. The summed E-state index contributed by atoms with van der Waals surface area (Å²) in [6.45, 7) is 6.93. The van der Waals surface area contributed by atoms with Gasteiger partial charge in [0.15, 0.2) is 0 Å². The number of alkyl halides is 6. The molecule has 0 aliphatic heterocycles. The minimum atomic E-state index is -5.10. The molecule has 43 heavy (non-hydrogen) atoms. The van der Waals surface area contributed by atoms with Crippen molar-refractivity contribution in [3.05, 3.63) is 110 Å². The number of nitriles is 1. The molecule has 228 valence electrons. The van der Waals surface area contributed by atoms with Gasteiger partial charge in [-0.25, -0.2) is 8.78 Å². The normalized spacial score (nSPS) is 13.0. The van der Waals surface area contributed by atoms with Crippen LogP contribution >= 0.6 is 23.1 Å². The lowest BCUT2D eigenvalue weighted by molar-refractivity contribution is -0.138. The Kier molecular flexibility index (Phi) is 10.8. The highest BCUT2D eigenvalue weighted by Crippen LogP contribution is 2.38. The van der Waals surface area contributed by atoms with Gasteiger partial charge in [-0.2, -0.15) is 31.6 Å². The lowest BCUT2D eigenvalue weighted by atomic mass is 10.0. The molecule has 2 heterocycles. The van der Waals surface area contributed by atoms with Crippen molar-refractivity contribution in [3.63, 3.8) is 0 Å². The van der Waals surface area contributed by atoms with Crippen molar-refractivity contribution in [1.29, 1.82) is 5.26 Å². The monoisotopic (exact) mass is 644 g/mol. The molecular formula is C30H24F8N2OS2. The van der Waals surface area contributed by atoms with Gasteiger partial charge in [0.05, 0.1) is 29.1 Å². The van der Waals surface area contributed by atoms with E-state index in [0.717, 1.165) is 39.0 Å². The number of nitrogens with zero attached hydrogens (tertiary/aromatic N) is 2. The SMILES string of the molecule is C=C/C(=C\C/C(=C\CC(F)(F)F)c1csc(-c2cc(C(F)(F)F)c(C#N)c(=O)n2Cc2ccc(F)cc2F)c1)SC(C)C. The Morgan fingerprint density at radius 2 is 1.81 bits per heavy atom. The number of thioether (sulfide) groups is 1. The fourth-order valence-corrected chi connectivity index (χ4v) is 5.80. The summed E-state index contributed by atoms with van der Waals surface area (Å²) in [7, 11) is 0. The van der Waals surface area contributed by atoms with E-state index in [2.05, 4.69) is 6.58 Å². The Morgan fingerprint density at radius 3 is 2.37 bits per heavy atom. The minimum absolute atomic E-state index is 0.0437. The van der Waals surface area contributed by atoms with Gasteiger partial charge >= 0.3 is 12.4 Å². The van der Waals surface area contributed by atoms with Crippen LogP contribution in [0, 0.1) is 23.0 Å². The van der Waals surface area contributed by atoms with Crippen molar-refractivity contribution in [2.45, 2.75) is 50.8 Å². The Balaban J connectivity index is 2.21. The van der Waals surface area contributed by atoms with Crippen molar-refractivity contribution in [2.24, 2.45) is 0 Å². The van der Waals surface area contributed by atoms with Crippen molar-refractivity contribution in [1.82, 2.24) is 4.57 Å². The zero-order valence-electron chi connectivity index (χ0n) is 22.7. The molecule has 2 aromatic heterocycles. The first-order valence-corrected chi connectivity index (χ1v) is 14.3. The van der Waals surface area contributed by atoms with Gasteiger partial charge in [-0.05, 0) is 41.1 Å². The summed E-state index contributed by atoms with van der Waals surface area (Å²) in [6.07, 6.45) is -6.60. The van der Waals surface area contributed by atoms with Gasteiger partial charge in [0, 0.05) is 21.8 Å². The predicted molar refractivity (Wildman–Crippen MR) is 153 cm³/mol. The van der Waals surface area contributed by atoms with Crippen LogP contribution in [-0.4, -0.2) is 16.0 Å². The maximum absolute atomic E-state index is 14.5. The number of pyridine rings is 1. The van der Waals surface area contributed by atoms with E-state index >= 15 is 0 Å². The van der Waals surface area contributed by atoms with Crippen LogP contribution in [0.1, 0.15) is 48.9 Å². The van der Waals surface area contributed by atoms with Gasteiger partial charge in [-0.3, -0.25) is 4.79 Å². The summed E-state index contributed by atoms with van der Waals surface area (Å²) in [5, 5.41) is 11.0. The third-order valence-corrected chi connectivity index (χ3v) is 7.99. The third kappa shape index (κ3) is 8.93. The van der Waals surface area contributed by atoms with E-state index in [9.17, 15) is 45.2 Å². The zero-order chi connectivity index (χ0) is 32.1. The fraction of sp³-hybridized carbons (Fsp3) is 0.267. The maximum atomic E-state index is 14.5. The van der Waals surface area contributed by atoms with Crippen molar-refractivity contribution >= 4 is 28.7 Å². The van der Waals surface area contributed by atoms with Crippen LogP contribution in [0.5, 0.6) is 0 Å². The van der Waals surface area contributed by atoms with Crippen LogP contribution in [-0.2, 0) is 12.7 Å². The lowest BCUT2D eigenvalue weighted by Crippen LogP contribution is -2.28. The number of aromatic nitrogens is 1. The Morgan fingerprint density at radius 1 is 1.12 bits per heavy atom. The second-order valence-electron chi connectivity index (χ2n) is 9.48. The van der Waals surface area contributed by atoms with Gasteiger partial charge in [0.1, 0.15) is 23.3 Å². The lowest BCUT2D eigenvalue weighted by Gasteiger charge is -2.17. The van der Waals surface area contributed by atoms with Crippen LogP contribution in [0.15, 0.2) is 70.2 Å². The van der Waals surface area contributed by atoms with E-state index in [0.29, 0.717) is 12.1 Å². The summed E-state index contributed by atoms with van der Waals surface area (Å²) >= 11 is 2.30. The molecule has 3 aromatic rings. The van der Waals surface area contributed by atoms with Crippen molar-refractivity contribution in [2.75, 3.05) is 0 Å². The number of thiophene rings is 1. The third-order valence-electron chi connectivity index (χ3n) is 5.96. The van der Waals surface area contributed by atoms with E-state index in [1.54, 1.807) is 12.2 Å². The average molecular weight is 645 g/mol. The number of allylic oxidation sites excluding steroid dienone is 4. The highest BCUT2D eigenvalue weighted by molar-refractivity contribution is 8.03. The summed E-state index contributed by atoms with van der Waals surface area (Å²) in [5.74, 6) is -1.98. The molecule has 0 N–H and O–H groups in total. The molecule has 0 amide bonds. The number of benzene rings is 1. The highest BCUT2D eigenvalue weighted by atomic mass is 32.2. The molecule has 0 aliphatic rings. The second-order valence-corrected chi connectivity index (χ2v) is 12.0. The largest absolute Gasteiger partial charge is 0.417 e. The molecule has 0 unspecified atom stereocenters. The molecule has 0 atom stereocenters. The van der Waals surface area contributed by atoms with Crippen LogP contribution in [0.3, 0.4) is 0 Å². The Labute approximate surface area is 250 Å². The Hall–Kier alpha value is -3.63. The molecular weight excluding hydrogens is 620 g/mol. The van der Waals surface area contributed by atoms with Gasteiger partial charge < -0.3 is 4.57 Å². The Bertz CT molecular complexity index is 1650. The van der Waals surface area contributed by atoms with E-state index < -0.39 is 53.6 Å². The number of rotatable bonds is 10. The molecule has 0 saturated heterocycles. The molecule has 0 aliphatic carbocycles. The molecule has 0 radical (unpaired) electrons. The smallest absolute Gasteiger partial charge is 0.302 e. The molecule has 13 heteroatoms. The van der Waals surface area contributed by atoms with E-state index in [1.807, 2.05) is 13.8 Å². The van der Waals surface area contributed by atoms with E-state index in [4.69, 9.17) is 0 Å². The van der Waals surface area contributed by atoms with Gasteiger partial charge in [-0.15, -0.1) is 23.1 Å². The molecule has 3 nitrogen and oxygen atoms in total. The van der Waals surface area contributed by atoms with Crippen molar-refractivity contribution in [3.8, 4) is 16.6 Å². The van der Waals surface area contributed by atoms with E-state index in [1.165, 1.54) is 29.3 Å². The van der Waals surface area contributed by atoms with Crippen LogP contribution in [0.4, 0.5) is 35.1 Å². The molecule has 0 spiro atoms. The molecule has 3 rings (SSSR count). The zero-order valence-corrected chi connectivity index (χ0v) is 24.4. The fourth-order valence-electron chi connectivity index (χ4n) is 4.02. The first-order chi connectivity index (χ1) is 20.0. The highest BCUT2D eigenvalue weighted by Gasteiger charge is 2.37. The summed E-state index contributed by atoms with van der Waals surface area (Å²) in [4.78, 5) is 14.0.